The van der Waals surface area contributed by atoms with Crippen LogP contribution in [0.15, 0.2) is 5.16 Å². The lowest BCUT2D eigenvalue weighted by atomic mass is 9.91. The van der Waals surface area contributed by atoms with Gasteiger partial charge in [-0.05, 0) is 25.7 Å². The second-order valence-electron chi connectivity index (χ2n) is 4.85. The van der Waals surface area contributed by atoms with E-state index in [2.05, 4.69) is 15.8 Å². The van der Waals surface area contributed by atoms with Crippen LogP contribution in [0, 0.1) is 0 Å². The Morgan fingerprint density at radius 2 is 1.94 bits per heavy atom. The Morgan fingerprint density at radius 1 is 1.39 bits per heavy atom. The van der Waals surface area contributed by atoms with E-state index in [9.17, 15) is 4.79 Å². The van der Waals surface area contributed by atoms with Crippen LogP contribution in [-0.2, 0) is 0 Å². The van der Waals surface area contributed by atoms with E-state index in [0.29, 0.717) is 12.8 Å². The van der Waals surface area contributed by atoms with Gasteiger partial charge in [0.05, 0.1) is 0 Å². The summed E-state index contributed by atoms with van der Waals surface area (Å²) in [4.78, 5) is 11.9. The summed E-state index contributed by atoms with van der Waals surface area (Å²) in [6.07, 6.45) is 5.55. The van der Waals surface area contributed by atoms with E-state index in [1.807, 2.05) is 13.8 Å². The van der Waals surface area contributed by atoms with Crippen molar-refractivity contribution in [3.8, 4) is 0 Å². The van der Waals surface area contributed by atoms with Crippen LogP contribution in [0.2, 0.25) is 0 Å². The lowest BCUT2D eigenvalue weighted by Crippen LogP contribution is -2.59. The average molecular weight is 256 g/mol. The number of hydrogen-bond donors (Lipinski definition) is 4. The number of nitrogens with one attached hydrogen (secondary N) is 2. The van der Waals surface area contributed by atoms with Crippen LogP contribution in [0.4, 0.5) is 4.79 Å². The number of oxime groups is 1. The molecule has 1 rings (SSSR count). The lowest BCUT2D eigenvalue weighted by molar-refractivity contribution is 0.226. The minimum atomic E-state index is -0.766. The Kier molecular flexibility index (Phi) is 5.25. The monoisotopic (exact) mass is 256 g/mol. The van der Waals surface area contributed by atoms with Crippen LogP contribution in [0.3, 0.4) is 0 Å². The number of rotatable bonds is 5. The van der Waals surface area contributed by atoms with E-state index in [1.54, 1.807) is 0 Å². The highest BCUT2D eigenvalue weighted by Crippen LogP contribution is 2.19. The smallest absolute Gasteiger partial charge is 0.315 e. The van der Waals surface area contributed by atoms with Crippen LogP contribution in [0.25, 0.3) is 0 Å². The SMILES string of the molecule is CCC(CC)(NC(=O)NC1CCCC1)C(N)=NO. The molecule has 6 heteroatoms. The largest absolute Gasteiger partial charge is 0.409 e. The van der Waals surface area contributed by atoms with E-state index in [-0.39, 0.29) is 17.9 Å². The molecule has 0 saturated heterocycles. The second kappa shape index (κ2) is 6.47. The Labute approximate surface area is 108 Å². The second-order valence-corrected chi connectivity index (χ2v) is 4.85. The molecule has 0 unspecified atom stereocenters. The highest BCUT2D eigenvalue weighted by Gasteiger charge is 2.33. The first-order valence-electron chi connectivity index (χ1n) is 6.64. The van der Waals surface area contributed by atoms with Crippen molar-refractivity contribution in [3.63, 3.8) is 0 Å². The number of amidine groups is 1. The molecule has 0 spiro atoms. The quantitative estimate of drug-likeness (QED) is 0.260. The summed E-state index contributed by atoms with van der Waals surface area (Å²) in [6.45, 7) is 3.80. The standard InChI is InChI=1S/C12H24N4O2/c1-3-12(4-2,10(13)16-18)15-11(17)14-9-7-5-6-8-9/h9,18H,3-8H2,1-2H3,(H2,13,16)(H2,14,15,17). The van der Waals surface area contributed by atoms with Gasteiger partial charge in [0.1, 0.15) is 5.54 Å². The van der Waals surface area contributed by atoms with Gasteiger partial charge in [-0.25, -0.2) is 4.79 Å². The first-order valence-corrected chi connectivity index (χ1v) is 6.64. The van der Waals surface area contributed by atoms with Crippen LogP contribution in [0.5, 0.6) is 0 Å². The summed E-state index contributed by atoms with van der Waals surface area (Å²) >= 11 is 0. The van der Waals surface area contributed by atoms with Crippen LogP contribution < -0.4 is 16.4 Å². The molecule has 0 aromatic rings. The predicted octanol–water partition coefficient (Wildman–Crippen LogP) is 1.53. The minimum absolute atomic E-state index is 0.0501. The Hall–Kier alpha value is -1.46. The number of urea groups is 1. The summed E-state index contributed by atoms with van der Waals surface area (Å²) in [6, 6.07) is 0.0147. The van der Waals surface area contributed by atoms with Gasteiger partial charge in [0.25, 0.3) is 0 Å². The molecule has 104 valence electrons. The molecule has 0 bridgehead atoms. The van der Waals surface area contributed by atoms with Crippen molar-refractivity contribution < 1.29 is 10.0 Å². The third-order valence-electron chi connectivity index (χ3n) is 3.85. The zero-order valence-corrected chi connectivity index (χ0v) is 11.2. The fraction of sp³-hybridized carbons (Fsp3) is 0.833. The van der Waals surface area contributed by atoms with E-state index in [1.165, 1.54) is 0 Å². The first-order chi connectivity index (χ1) is 8.57. The van der Waals surface area contributed by atoms with Gasteiger partial charge in [-0.15, -0.1) is 0 Å². The first kappa shape index (κ1) is 14.6. The molecule has 6 nitrogen and oxygen atoms in total. The maximum Gasteiger partial charge on any atom is 0.315 e. The van der Waals surface area contributed by atoms with Crippen molar-refractivity contribution in [2.45, 2.75) is 64.0 Å². The maximum absolute atomic E-state index is 11.9. The lowest BCUT2D eigenvalue weighted by Gasteiger charge is -2.31. The molecule has 1 aliphatic carbocycles. The van der Waals surface area contributed by atoms with Crippen LogP contribution >= 0.6 is 0 Å². The van der Waals surface area contributed by atoms with Crippen molar-refractivity contribution in [1.29, 1.82) is 0 Å². The van der Waals surface area contributed by atoms with Gasteiger partial charge in [0.2, 0.25) is 0 Å². The average Bonchev–Trinajstić information content (AvgIpc) is 2.87. The molecular formula is C12H24N4O2. The molecule has 0 atom stereocenters. The van der Waals surface area contributed by atoms with E-state index < -0.39 is 5.54 Å². The zero-order valence-electron chi connectivity index (χ0n) is 11.2. The van der Waals surface area contributed by atoms with Gasteiger partial charge in [-0.1, -0.05) is 31.8 Å². The molecule has 0 aromatic carbocycles. The van der Waals surface area contributed by atoms with Crippen molar-refractivity contribution in [2.24, 2.45) is 10.9 Å². The van der Waals surface area contributed by atoms with E-state index >= 15 is 0 Å². The van der Waals surface area contributed by atoms with Crippen molar-refractivity contribution >= 4 is 11.9 Å². The van der Waals surface area contributed by atoms with Gasteiger partial charge in [0, 0.05) is 6.04 Å². The van der Waals surface area contributed by atoms with Crippen LogP contribution in [0.1, 0.15) is 52.4 Å². The van der Waals surface area contributed by atoms with Crippen molar-refractivity contribution in [3.05, 3.63) is 0 Å². The summed E-state index contributed by atoms with van der Waals surface area (Å²) in [5, 5.41) is 17.6. The van der Waals surface area contributed by atoms with Gasteiger partial charge < -0.3 is 21.6 Å². The fourth-order valence-corrected chi connectivity index (χ4v) is 2.46. The number of hydrogen-bond acceptors (Lipinski definition) is 3. The molecular weight excluding hydrogens is 232 g/mol. The van der Waals surface area contributed by atoms with Crippen LogP contribution in [-0.4, -0.2) is 28.7 Å². The molecule has 0 radical (unpaired) electrons. The molecule has 1 aliphatic rings. The maximum atomic E-state index is 11.9. The number of carbonyl (C=O) groups excluding carboxylic acids is 1. The van der Waals surface area contributed by atoms with E-state index in [4.69, 9.17) is 10.9 Å². The number of nitrogens with two attached hydrogens (primary N) is 1. The van der Waals surface area contributed by atoms with Gasteiger partial charge in [-0.3, -0.25) is 0 Å². The normalized spacial score (nSPS) is 17.8. The molecule has 0 aliphatic heterocycles. The van der Waals surface area contributed by atoms with Gasteiger partial charge in [0.15, 0.2) is 5.84 Å². The molecule has 5 N–H and O–H groups in total. The van der Waals surface area contributed by atoms with Crippen molar-refractivity contribution in [2.75, 3.05) is 0 Å². The van der Waals surface area contributed by atoms with Crippen molar-refractivity contribution in [1.82, 2.24) is 10.6 Å². The Bertz CT molecular complexity index is 307. The Morgan fingerprint density at radius 3 is 2.39 bits per heavy atom. The molecule has 2 amide bonds. The summed E-state index contributed by atoms with van der Waals surface area (Å²) < 4.78 is 0. The summed E-state index contributed by atoms with van der Waals surface area (Å²) in [7, 11) is 0. The minimum Gasteiger partial charge on any atom is -0.409 e. The molecule has 1 saturated carbocycles. The topological polar surface area (TPSA) is 99.7 Å². The highest BCUT2D eigenvalue weighted by molar-refractivity contribution is 5.93. The number of carbonyl (C=O) groups is 1. The highest BCUT2D eigenvalue weighted by atomic mass is 16.4. The van der Waals surface area contributed by atoms with Gasteiger partial charge in [-0.2, -0.15) is 0 Å². The van der Waals surface area contributed by atoms with Gasteiger partial charge >= 0.3 is 6.03 Å². The van der Waals surface area contributed by atoms with E-state index in [0.717, 1.165) is 25.7 Å². The zero-order chi connectivity index (χ0) is 13.6. The molecule has 0 aromatic heterocycles. The number of amides is 2. The summed E-state index contributed by atoms with van der Waals surface area (Å²) in [5.74, 6) is 0.0501. The molecule has 0 heterocycles. The Balaban J connectivity index is 2.62. The fourth-order valence-electron chi connectivity index (χ4n) is 2.46. The molecule has 18 heavy (non-hydrogen) atoms. The third-order valence-corrected chi connectivity index (χ3v) is 3.85. The third kappa shape index (κ3) is 3.27. The molecule has 1 fully saturated rings. The summed E-state index contributed by atoms with van der Waals surface area (Å²) in [5.41, 5.74) is 4.92. The predicted molar refractivity (Wildman–Crippen MR) is 70.6 cm³/mol. The number of nitrogens with zero attached hydrogens (tertiary/aromatic N) is 1.